The third-order valence-electron chi connectivity index (χ3n) is 4.29. The third kappa shape index (κ3) is 9.91. The molecule has 1 aromatic carbocycles. The highest BCUT2D eigenvalue weighted by atomic mass is 32.2. The molecule has 13 nitrogen and oxygen atoms in total. The zero-order valence-electron chi connectivity index (χ0n) is 18.8. The largest absolute Gasteiger partial charge is 0.346 e. The van der Waals surface area contributed by atoms with E-state index >= 15 is 0 Å². The van der Waals surface area contributed by atoms with Gasteiger partial charge in [-0.05, 0) is 5.56 Å². The second-order valence-electron chi connectivity index (χ2n) is 7.58. The molecule has 16 heteroatoms. The van der Waals surface area contributed by atoms with Crippen LogP contribution in [-0.2, 0) is 63.8 Å². The molecule has 194 valence electrons. The van der Waals surface area contributed by atoms with Crippen molar-refractivity contribution >= 4 is 36.3 Å². The van der Waals surface area contributed by atoms with E-state index < -0.39 is 73.5 Å². The molecule has 0 aromatic heterocycles. The van der Waals surface area contributed by atoms with Crippen molar-refractivity contribution < 1.29 is 52.1 Å². The van der Waals surface area contributed by atoms with Crippen LogP contribution in [-0.4, -0.2) is 87.2 Å². The first-order valence-electron chi connectivity index (χ1n) is 9.73. The van der Waals surface area contributed by atoms with Crippen molar-refractivity contribution in [3.05, 3.63) is 35.9 Å². The molecule has 0 saturated carbocycles. The van der Waals surface area contributed by atoms with E-state index in [-0.39, 0.29) is 6.61 Å². The molecule has 0 radical (unpaired) electrons. The van der Waals surface area contributed by atoms with Crippen LogP contribution in [0.1, 0.15) is 12.5 Å². The summed E-state index contributed by atoms with van der Waals surface area (Å²) in [5.41, 5.74) is 0.701. The Balaban J connectivity index is 2.49. The topological polar surface area (TPSA) is 178 Å². The van der Waals surface area contributed by atoms with Gasteiger partial charge < -0.3 is 14.8 Å². The van der Waals surface area contributed by atoms with Gasteiger partial charge in [-0.25, -0.2) is 0 Å². The van der Waals surface area contributed by atoms with E-state index in [9.17, 15) is 30.0 Å². The van der Waals surface area contributed by atoms with Crippen molar-refractivity contribution in [2.45, 2.75) is 44.2 Å². The van der Waals surface area contributed by atoms with Gasteiger partial charge in [-0.1, -0.05) is 30.3 Å². The molecule has 0 unspecified atom stereocenters. The lowest BCUT2D eigenvalue weighted by Gasteiger charge is -2.44. The molecule has 1 saturated heterocycles. The first-order valence-corrected chi connectivity index (χ1v) is 15.2. The molecule has 1 aliphatic rings. The van der Waals surface area contributed by atoms with Gasteiger partial charge in [0, 0.05) is 6.92 Å². The summed E-state index contributed by atoms with van der Waals surface area (Å²) in [7, 11) is -12.5. The molecule has 1 aliphatic heterocycles. The molecule has 0 spiro atoms. The van der Waals surface area contributed by atoms with Gasteiger partial charge in [0.1, 0.15) is 24.4 Å². The highest BCUT2D eigenvalue weighted by Crippen LogP contribution is 2.30. The van der Waals surface area contributed by atoms with Gasteiger partial charge >= 0.3 is 0 Å². The number of carbonyl (C=O) groups is 1. The summed E-state index contributed by atoms with van der Waals surface area (Å²) in [6.45, 7) is 0.335. The number of amides is 1. The molecule has 1 aromatic rings. The zero-order valence-corrected chi connectivity index (χ0v) is 21.3. The first kappa shape index (κ1) is 28.6. The quantitative estimate of drug-likeness (QED) is 0.339. The summed E-state index contributed by atoms with van der Waals surface area (Å²) in [5.74, 6) is -0.632. The van der Waals surface area contributed by atoms with Crippen LogP contribution in [0.5, 0.6) is 0 Å². The number of rotatable bonds is 11. The predicted molar refractivity (Wildman–Crippen MR) is 118 cm³/mol. The van der Waals surface area contributed by atoms with Crippen molar-refractivity contribution in [1.29, 1.82) is 0 Å². The van der Waals surface area contributed by atoms with E-state index in [1.165, 1.54) is 0 Å². The average molecular weight is 546 g/mol. The Hall–Kier alpha value is -1.66. The Kier molecular flexibility index (Phi) is 9.57. The summed E-state index contributed by atoms with van der Waals surface area (Å²) < 4.78 is 97.2. The number of carbonyl (C=O) groups excluding carboxylic acids is 1. The normalized spacial score (nSPS) is 26.2. The second-order valence-corrected chi connectivity index (χ2v) is 12.4. The molecule has 0 bridgehead atoms. The molecule has 1 fully saturated rings. The van der Waals surface area contributed by atoms with E-state index in [1.54, 1.807) is 30.3 Å². The first-order chi connectivity index (χ1) is 15.5. The fraction of sp³-hybridized carbons (Fsp3) is 0.611. The van der Waals surface area contributed by atoms with Crippen LogP contribution in [0, 0.1) is 0 Å². The maximum atomic E-state index is 12.0. The summed E-state index contributed by atoms with van der Waals surface area (Å²) >= 11 is 0. The SMILES string of the molecule is CC(=O)N[C@@H]1[C@H](OCc2ccccc2)O[C@H](COS(C)(=O)=O)[C@H](OS(C)(=O)=O)[C@H]1OS(C)(=O)=O. The van der Waals surface area contributed by atoms with E-state index in [2.05, 4.69) is 5.32 Å². The summed E-state index contributed by atoms with van der Waals surface area (Å²) in [6.07, 6.45) is -4.12. The maximum absolute atomic E-state index is 12.0. The van der Waals surface area contributed by atoms with Crippen molar-refractivity contribution in [3.8, 4) is 0 Å². The van der Waals surface area contributed by atoms with Crippen LogP contribution >= 0.6 is 0 Å². The molecule has 1 amide bonds. The molecule has 1 heterocycles. The number of hydrogen-bond acceptors (Lipinski definition) is 12. The van der Waals surface area contributed by atoms with Crippen LogP contribution in [0.15, 0.2) is 30.3 Å². The fourth-order valence-corrected chi connectivity index (χ4v) is 4.80. The van der Waals surface area contributed by atoms with Gasteiger partial charge in [0.25, 0.3) is 30.4 Å². The maximum Gasteiger partial charge on any atom is 0.264 e. The Morgan fingerprint density at radius 3 is 1.97 bits per heavy atom. The van der Waals surface area contributed by atoms with E-state index in [0.717, 1.165) is 13.2 Å². The van der Waals surface area contributed by atoms with Gasteiger partial charge in [0.05, 0.1) is 32.0 Å². The van der Waals surface area contributed by atoms with E-state index in [0.29, 0.717) is 18.1 Å². The predicted octanol–water partition coefficient (Wildman–Crippen LogP) is -0.901. The summed E-state index contributed by atoms with van der Waals surface area (Å²) in [5, 5.41) is 2.44. The van der Waals surface area contributed by atoms with Gasteiger partial charge in [0.2, 0.25) is 5.91 Å². The Bertz CT molecular complexity index is 1150. The van der Waals surface area contributed by atoms with Crippen LogP contribution < -0.4 is 5.32 Å². The zero-order chi connectivity index (χ0) is 25.7. The molecule has 0 aliphatic carbocycles. The van der Waals surface area contributed by atoms with Crippen molar-refractivity contribution in [2.75, 3.05) is 25.4 Å². The number of benzene rings is 1. The lowest BCUT2D eigenvalue weighted by Crippen LogP contribution is -2.66. The molecule has 5 atom stereocenters. The highest BCUT2D eigenvalue weighted by Gasteiger charge is 2.51. The van der Waals surface area contributed by atoms with Crippen molar-refractivity contribution in [2.24, 2.45) is 0 Å². The van der Waals surface area contributed by atoms with Crippen molar-refractivity contribution in [3.63, 3.8) is 0 Å². The molecular formula is C18H27NO12S3. The van der Waals surface area contributed by atoms with Gasteiger partial charge in [-0.15, -0.1) is 0 Å². The average Bonchev–Trinajstić information content (AvgIpc) is 2.66. The summed E-state index contributed by atoms with van der Waals surface area (Å²) in [4.78, 5) is 11.9. The van der Waals surface area contributed by atoms with Gasteiger partial charge in [-0.2, -0.15) is 25.3 Å². The monoisotopic (exact) mass is 545 g/mol. The van der Waals surface area contributed by atoms with E-state index in [1.807, 2.05) is 0 Å². The number of nitrogens with one attached hydrogen (secondary N) is 1. The van der Waals surface area contributed by atoms with Crippen LogP contribution in [0.2, 0.25) is 0 Å². The lowest BCUT2D eigenvalue weighted by molar-refractivity contribution is -0.262. The molecule has 1 N–H and O–H groups in total. The number of hydrogen-bond donors (Lipinski definition) is 1. The standard InChI is InChI=1S/C18H27NO12S3/c1-12(20)19-15-17(31-34(4,25)26)16(30-33(3,23)24)14(11-28-32(2,21)22)29-18(15)27-10-13-8-6-5-7-9-13/h5-9,14-18H,10-11H2,1-4H3,(H,19,20)/t14-,15+,16+,17+,18-/m1/s1. The van der Waals surface area contributed by atoms with Gasteiger partial charge in [-0.3, -0.25) is 17.3 Å². The van der Waals surface area contributed by atoms with Gasteiger partial charge in [0.15, 0.2) is 6.29 Å². The Morgan fingerprint density at radius 2 is 1.47 bits per heavy atom. The minimum atomic E-state index is -4.24. The molecule has 2 rings (SSSR count). The van der Waals surface area contributed by atoms with Crippen LogP contribution in [0.4, 0.5) is 0 Å². The Labute approximate surface area is 199 Å². The molecular weight excluding hydrogens is 518 g/mol. The highest BCUT2D eigenvalue weighted by molar-refractivity contribution is 7.86. The third-order valence-corrected chi connectivity index (χ3v) is 6.00. The fourth-order valence-electron chi connectivity index (χ4n) is 3.15. The minimum absolute atomic E-state index is 0.0512. The Morgan fingerprint density at radius 1 is 0.912 bits per heavy atom. The smallest absolute Gasteiger partial charge is 0.264 e. The van der Waals surface area contributed by atoms with E-state index in [4.69, 9.17) is 22.0 Å². The lowest BCUT2D eigenvalue weighted by atomic mass is 9.97. The van der Waals surface area contributed by atoms with Crippen molar-refractivity contribution in [1.82, 2.24) is 5.32 Å². The molecule has 34 heavy (non-hydrogen) atoms. The summed E-state index contributed by atoms with van der Waals surface area (Å²) in [6, 6.07) is 7.39. The van der Waals surface area contributed by atoms with Crippen LogP contribution in [0.25, 0.3) is 0 Å². The number of ether oxygens (including phenoxy) is 2. The second kappa shape index (κ2) is 11.4. The van der Waals surface area contributed by atoms with Crippen LogP contribution in [0.3, 0.4) is 0 Å². The minimum Gasteiger partial charge on any atom is -0.346 e.